The summed E-state index contributed by atoms with van der Waals surface area (Å²) in [5.74, 6) is 0.776. The molecule has 3 aromatic rings. The molecule has 2 aliphatic rings. The zero-order valence-electron chi connectivity index (χ0n) is 17.1. The number of hydrogen-bond acceptors (Lipinski definition) is 5. The van der Waals surface area contributed by atoms with Gasteiger partial charge in [0.15, 0.2) is 0 Å². The summed E-state index contributed by atoms with van der Waals surface area (Å²) in [6.07, 6.45) is 0.198. The van der Waals surface area contributed by atoms with E-state index in [1.807, 2.05) is 23.2 Å². The van der Waals surface area contributed by atoms with E-state index in [-0.39, 0.29) is 16.7 Å². The monoisotopic (exact) mass is 477 g/mol. The Hall–Kier alpha value is -3.19. The molecule has 0 radical (unpaired) electrons. The molecule has 0 spiro atoms. The van der Waals surface area contributed by atoms with Crippen molar-refractivity contribution in [1.29, 1.82) is 0 Å². The molecule has 31 heavy (non-hydrogen) atoms. The molecule has 2 heterocycles. The van der Waals surface area contributed by atoms with Crippen molar-refractivity contribution in [1.82, 2.24) is 5.01 Å². The van der Waals surface area contributed by atoms with Crippen LogP contribution in [0.2, 0.25) is 0 Å². The Labute approximate surface area is 188 Å². The average molecular weight is 478 g/mol. The van der Waals surface area contributed by atoms with Gasteiger partial charge in [-0.2, -0.15) is 5.10 Å². The van der Waals surface area contributed by atoms with Gasteiger partial charge in [0.2, 0.25) is 6.23 Å². The summed E-state index contributed by atoms with van der Waals surface area (Å²) in [7, 11) is 0. The van der Waals surface area contributed by atoms with Crippen molar-refractivity contribution in [2.45, 2.75) is 32.5 Å². The number of nitro benzene ring substituents is 1. The zero-order valence-corrected chi connectivity index (χ0v) is 18.7. The zero-order chi connectivity index (χ0) is 21.7. The van der Waals surface area contributed by atoms with Crippen molar-refractivity contribution >= 4 is 27.3 Å². The first-order valence-corrected chi connectivity index (χ1v) is 10.8. The standard InChI is InChI=1S/C24H20BrN3O3/c1-14-6-7-15(2)19(10-14)21-13-22-20-12-17(25)8-9-23(20)31-24(27(22)26-21)16-4-3-5-18(11-16)28(29)30/h3-12,22,24H,13H2,1-2H3/t22-,24+/m1/s1. The van der Waals surface area contributed by atoms with E-state index in [4.69, 9.17) is 9.84 Å². The number of hydrogen-bond donors (Lipinski definition) is 0. The van der Waals surface area contributed by atoms with Gasteiger partial charge in [-0.1, -0.05) is 45.8 Å². The number of halogens is 1. The van der Waals surface area contributed by atoms with E-state index in [1.165, 1.54) is 17.2 Å². The third-order valence-corrected chi connectivity index (χ3v) is 6.32. The van der Waals surface area contributed by atoms with Gasteiger partial charge in [-0.25, -0.2) is 5.01 Å². The predicted octanol–water partition coefficient (Wildman–Crippen LogP) is 6.22. The second-order valence-electron chi connectivity index (χ2n) is 7.97. The predicted molar refractivity (Wildman–Crippen MR) is 122 cm³/mol. The van der Waals surface area contributed by atoms with Gasteiger partial charge in [0.25, 0.3) is 5.69 Å². The first kappa shape index (κ1) is 19.8. The Morgan fingerprint density at radius 1 is 1.13 bits per heavy atom. The molecule has 2 atom stereocenters. The maximum atomic E-state index is 11.3. The number of ether oxygens (including phenoxy) is 1. The summed E-state index contributed by atoms with van der Waals surface area (Å²) < 4.78 is 7.31. The molecule has 7 heteroatoms. The molecule has 0 N–H and O–H groups in total. The lowest BCUT2D eigenvalue weighted by molar-refractivity contribution is -0.385. The summed E-state index contributed by atoms with van der Waals surface area (Å²) in [5, 5.41) is 18.3. The van der Waals surface area contributed by atoms with E-state index in [2.05, 4.69) is 54.0 Å². The normalized spacial score (nSPS) is 19.3. The van der Waals surface area contributed by atoms with Crippen LogP contribution in [0.4, 0.5) is 5.69 Å². The average Bonchev–Trinajstić information content (AvgIpc) is 3.20. The molecular weight excluding hydrogens is 458 g/mol. The molecule has 3 aromatic carbocycles. The Balaban J connectivity index is 1.63. The maximum absolute atomic E-state index is 11.3. The van der Waals surface area contributed by atoms with Crippen molar-refractivity contribution in [2.24, 2.45) is 5.10 Å². The van der Waals surface area contributed by atoms with Crippen LogP contribution in [0.5, 0.6) is 5.75 Å². The fourth-order valence-electron chi connectivity index (χ4n) is 4.28. The van der Waals surface area contributed by atoms with E-state index in [9.17, 15) is 10.1 Å². The molecule has 0 aliphatic carbocycles. The smallest absolute Gasteiger partial charge is 0.269 e. The lowest BCUT2D eigenvalue weighted by Gasteiger charge is -2.38. The molecule has 5 rings (SSSR count). The summed E-state index contributed by atoms with van der Waals surface area (Å²) in [6, 6.07) is 18.9. The fraction of sp³-hybridized carbons (Fsp3) is 0.208. The lowest BCUT2D eigenvalue weighted by Crippen LogP contribution is -2.33. The SMILES string of the molecule is Cc1ccc(C)c(C2=NN3[C@H](C2)c2cc(Br)ccc2O[C@H]3c2cccc([N+](=O)[O-])c2)c1. The van der Waals surface area contributed by atoms with Crippen LogP contribution in [0.15, 0.2) is 70.2 Å². The van der Waals surface area contributed by atoms with Crippen molar-refractivity contribution in [3.05, 3.63) is 103 Å². The van der Waals surface area contributed by atoms with Crippen LogP contribution >= 0.6 is 15.9 Å². The molecule has 0 unspecified atom stereocenters. The molecule has 0 amide bonds. The van der Waals surface area contributed by atoms with Crippen LogP contribution in [0.1, 0.15) is 46.5 Å². The van der Waals surface area contributed by atoms with Crippen molar-refractivity contribution < 1.29 is 9.66 Å². The van der Waals surface area contributed by atoms with E-state index in [1.54, 1.807) is 12.1 Å². The molecular formula is C24H20BrN3O3. The van der Waals surface area contributed by atoms with E-state index in [0.29, 0.717) is 5.56 Å². The van der Waals surface area contributed by atoms with E-state index in [0.717, 1.165) is 33.5 Å². The largest absolute Gasteiger partial charge is 0.464 e. The quantitative estimate of drug-likeness (QED) is 0.331. The highest BCUT2D eigenvalue weighted by Crippen LogP contribution is 2.48. The second kappa shape index (κ2) is 7.50. The van der Waals surface area contributed by atoms with Crippen molar-refractivity contribution in [3.63, 3.8) is 0 Å². The molecule has 0 bridgehead atoms. The number of aryl methyl sites for hydroxylation is 2. The fourth-order valence-corrected chi connectivity index (χ4v) is 4.66. The third kappa shape index (κ3) is 3.49. The van der Waals surface area contributed by atoms with E-state index < -0.39 is 6.23 Å². The van der Waals surface area contributed by atoms with Crippen LogP contribution in [0.3, 0.4) is 0 Å². The number of rotatable bonds is 3. The van der Waals surface area contributed by atoms with Gasteiger partial charge in [-0.3, -0.25) is 10.1 Å². The van der Waals surface area contributed by atoms with Gasteiger partial charge in [0.05, 0.1) is 16.7 Å². The highest BCUT2D eigenvalue weighted by Gasteiger charge is 2.41. The van der Waals surface area contributed by atoms with Crippen LogP contribution in [-0.2, 0) is 0 Å². The van der Waals surface area contributed by atoms with E-state index >= 15 is 0 Å². The molecule has 6 nitrogen and oxygen atoms in total. The first-order valence-electron chi connectivity index (χ1n) is 10.0. The minimum absolute atomic E-state index is 0.0135. The summed E-state index contributed by atoms with van der Waals surface area (Å²) in [6.45, 7) is 4.17. The Morgan fingerprint density at radius 3 is 2.77 bits per heavy atom. The van der Waals surface area contributed by atoms with Crippen LogP contribution in [-0.4, -0.2) is 15.6 Å². The van der Waals surface area contributed by atoms with Gasteiger partial charge in [0.1, 0.15) is 5.75 Å². The van der Waals surface area contributed by atoms with Gasteiger partial charge in [-0.05, 0) is 43.7 Å². The summed E-state index contributed by atoms with van der Waals surface area (Å²) in [5.41, 5.74) is 6.28. The Morgan fingerprint density at radius 2 is 1.97 bits per heavy atom. The maximum Gasteiger partial charge on any atom is 0.269 e. The van der Waals surface area contributed by atoms with Crippen molar-refractivity contribution in [2.75, 3.05) is 0 Å². The Bertz CT molecular complexity index is 1240. The van der Waals surface area contributed by atoms with Crippen LogP contribution in [0, 0.1) is 24.0 Å². The molecule has 0 saturated carbocycles. The van der Waals surface area contributed by atoms with Gasteiger partial charge < -0.3 is 4.74 Å². The van der Waals surface area contributed by atoms with Crippen LogP contribution in [0.25, 0.3) is 0 Å². The number of fused-ring (bicyclic) bond motifs is 3. The molecule has 0 fully saturated rings. The molecule has 0 aromatic heterocycles. The number of nitro groups is 1. The third-order valence-electron chi connectivity index (χ3n) is 5.82. The number of benzene rings is 3. The minimum Gasteiger partial charge on any atom is -0.464 e. The minimum atomic E-state index is -0.541. The van der Waals surface area contributed by atoms with Crippen LogP contribution < -0.4 is 4.74 Å². The Kier molecular flexibility index (Phi) is 4.78. The topological polar surface area (TPSA) is 68.0 Å². The van der Waals surface area contributed by atoms with Gasteiger partial charge >= 0.3 is 0 Å². The number of nitrogens with zero attached hydrogens (tertiary/aromatic N) is 3. The number of hydrazone groups is 1. The molecule has 156 valence electrons. The highest BCUT2D eigenvalue weighted by atomic mass is 79.9. The summed E-state index contributed by atoms with van der Waals surface area (Å²) in [4.78, 5) is 10.9. The highest BCUT2D eigenvalue weighted by molar-refractivity contribution is 9.10. The first-order chi connectivity index (χ1) is 14.9. The van der Waals surface area contributed by atoms with Crippen molar-refractivity contribution in [3.8, 4) is 5.75 Å². The lowest BCUT2D eigenvalue weighted by atomic mass is 9.93. The van der Waals surface area contributed by atoms with Gasteiger partial charge in [-0.15, -0.1) is 0 Å². The van der Waals surface area contributed by atoms with Gasteiger partial charge in [0, 0.05) is 39.7 Å². The second-order valence-corrected chi connectivity index (χ2v) is 8.89. The molecule has 2 aliphatic heterocycles. The molecule has 0 saturated heterocycles. The summed E-state index contributed by atoms with van der Waals surface area (Å²) >= 11 is 3.57. The number of non-ortho nitro benzene ring substituents is 1.